The largest absolute Gasteiger partial charge is 0.462 e. The van der Waals surface area contributed by atoms with Crippen molar-refractivity contribution in [3.8, 4) is 6.01 Å². The Balaban J connectivity index is 2.34. The zero-order valence-electron chi connectivity index (χ0n) is 12.2. The second-order valence-corrected chi connectivity index (χ2v) is 4.97. The van der Waals surface area contributed by atoms with Crippen LogP contribution in [0.15, 0.2) is 24.3 Å². The standard InChI is InChI=1S/C15H21N3O2/c1-4-5-10-16-14(19)18-13-9-7-6-8-12(13)17-15(18)20-11(2)3/h6-9,11H,4-5,10H2,1-3H3,(H,16,19). The maximum Gasteiger partial charge on any atom is 0.330 e. The van der Waals surface area contributed by atoms with Gasteiger partial charge in [-0.05, 0) is 32.4 Å². The van der Waals surface area contributed by atoms with Gasteiger partial charge in [-0.15, -0.1) is 0 Å². The number of hydrogen-bond donors (Lipinski definition) is 1. The highest BCUT2D eigenvalue weighted by molar-refractivity contribution is 5.90. The topological polar surface area (TPSA) is 56.2 Å². The van der Waals surface area contributed by atoms with Crippen molar-refractivity contribution in [2.24, 2.45) is 0 Å². The molecule has 2 aromatic rings. The zero-order valence-corrected chi connectivity index (χ0v) is 12.2. The maximum atomic E-state index is 12.3. The van der Waals surface area contributed by atoms with Crippen molar-refractivity contribution in [3.63, 3.8) is 0 Å². The summed E-state index contributed by atoms with van der Waals surface area (Å²) < 4.78 is 7.15. The molecule has 0 aliphatic carbocycles. The lowest BCUT2D eigenvalue weighted by atomic mass is 10.3. The van der Waals surface area contributed by atoms with Crippen molar-refractivity contribution in [1.29, 1.82) is 0 Å². The van der Waals surface area contributed by atoms with Crippen molar-refractivity contribution in [2.45, 2.75) is 39.7 Å². The number of rotatable bonds is 5. The van der Waals surface area contributed by atoms with Crippen molar-refractivity contribution in [3.05, 3.63) is 24.3 Å². The quantitative estimate of drug-likeness (QED) is 0.853. The molecule has 0 atom stereocenters. The number of hydrogen-bond acceptors (Lipinski definition) is 3. The molecule has 0 radical (unpaired) electrons. The van der Waals surface area contributed by atoms with Gasteiger partial charge >= 0.3 is 12.0 Å². The second kappa shape index (κ2) is 6.41. The van der Waals surface area contributed by atoms with E-state index in [2.05, 4.69) is 17.2 Å². The number of ether oxygens (including phenoxy) is 1. The molecule has 0 saturated heterocycles. The van der Waals surface area contributed by atoms with Crippen LogP contribution in [0.3, 0.4) is 0 Å². The van der Waals surface area contributed by atoms with Gasteiger partial charge in [0.15, 0.2) is 0 Å². The number of carbonyl (C=O) groups is 1. The van der Waals surface area contributed by atoms with Crippen molar-refractivity contribution < 1.29 is 9.53 Å². The molecule has 1 N–H and O–H groups in total. The van der Waals surface area contributed by atoms with Gasteiger partial charge in [-0.3, -0.25) is 0 Å². The summed E-state index contributed by atoms with van der Waals surface area (Å²) in [6.45, 7) is 6.58. The van der Waals surface area contributed by atoms with E-state index < -0.39 is 0 Å². The molecule has 0 unspecified atom stereocenters. The second-order valence-electron chi connectivity index (χ2n) is 4.97. The van der Waals surface area contributed by atoms with E-state index in [1.807, 2.05) is 38.1 Å². The number of imidazole rings is 1. The lowest BCUT2D eigenvalue weighted by Crippen LogP contribution is -2.30. The number of benzene rings is 1. The maximum absolute atomic E-state index is 12.3. The van der Waals surface area contributed by atoms with Crippen LogP contribution >= 0.6 is 0 Å². The molecule has 5 heteroatoms. The van der Waals surface area contributed by atoms with Gasteiger partial charge in [0.1, 0.15) is 0 Å². The Morgan fingerprint density at radius 2 is 2.15 bits per heavy atom. The number of aromatic nitrogens is 2. The van der Waals surface area contributed by atoms with E-state index in [1.165, 1.54) is 4.57 Å². The predicted octanol–water partition coefficient (Wildman–Crippen LogP) is 3.18. The van der Waals surface area contributed by atoms with Crippen LogP contribution in [0.25, 0.3) is 11.0 Å². The molecule has 0 bridgehead atoms. The minimum atomic E-state index is -0.192. The summed E-state index contributed by atoms with van der Waals surface area (Å²) in [4.78, 5) is 16.7. The third-order valence-electron chi connectivity index (χ3n) is 2.88. The van der Waals surface area contributed by atoms with E-state index >= 15 is 0 Å². The molecular formula is C15H21N3O2. The summed E-state index contributed by atoms with van der Waals surface area (Å²) in [5.41, 5.74) is 1.52. The Bertz CT molecular complexity index is 590. The van der Waals surface area contributed by atoms with E-state index in [-0.39, 0.29) is 12.1 Å². The van der Waals surface area contributed by atoms with Crippen molar-refractivity contribution in [2.75, 3.05) is 6.54 Å². The highest BCUT2D eigenvalue weighted by Gasteiger charge is 2.18. The average Bonchev–Trinajstić information content (AvgIpc) is 2.75. The highest BCUT2D eigenvalue weighted by Crippen LogP contribution is 2.21. The molecule has 1 heterocycles. The lowest BCUT2D eigenvalue weighted by Gasteiger charge is -2.12. The van der Waals surface area contributed by atoms with Gasteiger partial charge < -0.3 is 10.1 Å². The van der Waals surface area contributed by atoms with Crippen LogP contribution in [0.2, 0.25) is 0 Å². The first kappa shape index (κ1) is 14.4. The SMILES string of the molecule is CCCCNC(=O)n1c(OC(C)C)nc2ccccc21. The van der Waals surface area contributed by atoms with Crippen LogP contribution in [-0.2, 0) is 0 Å². The third-order valence-corrected chi connectivity index (χ3v) is 2.88. The minimum absolute atomic E-state index is 0.0333. The first-order valence-corrected chi connectivity index (χ1v) is 7.05. The van der Waals surface area contributed by atoms with Crippen LogP contribution in [0.5, 0.6) is 6.01 Å². The van der Waals surface area contributed by atoms with Gasteiger partial charge in [0.2, 0.25) is 0 Å². The van der Waals surface area contributed by atoms with Gasteiger partial charge in [-0.25, -0.2) is 9.36 Å². The van der Waals surface area contributed by atoms with Crippen LogP contribution in [-0.4, -0.2) is 28.2 Å². The molecule has 0 fully saturated rings. The summed E-state index contributed by atoms with van der Waals surface area (Å²) in [6.07, 6.45) is 1.97. The molecule has 0 aliphatic heterocycles. The van der Waals surface area contributed by atoms with E-state index in [4.69, 9.17) is 4.74 Å². The number of unbranched alkanes of at least 4 members (excludes halogenated alkanes) is 1. The number of nitrogens with one attached hydrogen (secondary N) is 1. The van der Waals surface area contributed by atoms with Crippen LogP contribution < -0.4 is 10.1 Å². The molecular weight excluding hydrogens is 254 g/mol. The molecule has 2 rings (SSSR count). The molecule has 108 valence electrons. The van der Waals surface area contributed by atoms with Crippen LogP contribution in [0.4, 0.5) is 4.79 Å². The summed E-state index contributed by atoms with van der Waals surface area (Å²) in [6, 6.07) is 7.68. The molecule has 1 aromatic carbocycles. The molecule has 1 aromatic heterocycles. The Hall–Kier alpha value is -2.04. The Kier molecular flexibility index (Phi) is 4.61. The van der Waals surface area contributed by atoms with Crippen LogP contribution in [0.1, 0.15) is 33.6 Å². The first-order valence-electron chi connectivity index (χ1n) is 7.05. The van der Waals surface area contributed by atoms with Gasteiger partial charge in [-0.1, -0.05) is 25.5 Å². The predicted molar refractivity (Wildman–Crippen MR) is 79.2 cm³/mol. The van der Waals surface area contributed by atoms with Crippen molar-refractivity contribution >= 4 is 17.1 Å². The molecule has 20 heavy (non-hydrogen) atoms. The van der Waals surface area contributed by atoms with Gasteiger partial charge in [0.25, 0.3) is 0 Å². The molecule has 0 aliphatic rings. The smallest absolute Gasteiger partial charge is 0.330 e. The Labute approximate surface area is 118 Å². The Morgan fingerprint density at radius 3 is 2.85 bits per heavy atom. The van der Waals surface area contributed by atoms with E-state index in [9.17, 15) is 4.79 Å². The summed E-state index contributed by atoms with van der Waals surface area (Å²) in [5, 5.41) is 2.90. The fraction of sp³-hybridized carbons (Fsp3) is 0.467. The van der Waals surface area contributed by atoms with E-state index in [0.717, 1.165) is 23.9 Å². The lowest BCUT2D eigenvalue weighted by molar-refractivity contribution is 0.208. The van der Waals surface area contributed by atoms with Crippen LogP contribution in [0, 0.1) is 0 Å². The normalized spacial score (nSPS) is 11.0. The number of amides is 1. The van der Waals surface area contributed by atoms with Crippen molar-refractivity contribution in [1.82, 2.24) is 14.9 Å². The van der Waals surface area contributed by atoms with Gasteiger partial charge in [0, 0.05) is 6.54 Å². The fourth-order valence-corrected chi connectivity index (χ4v) is 1.94. The molecule has 0 saturated carbocycles. The number of carbonyl (C=O) groups excluding carboxylic acids is 1. The summed E-state index contributed by atoms with van der Waals surface area (Å²) in [5.74, 6) is 0. The average molecular weight is 275 g/mol. The number of para-hydroxylation sites is 2. The molecule has 1 amide bonds. The first-order chi connectivity index (χ1) is 9.63. The van der Waals surface area contributed by atoms with Gasteiger partial charge in [-0.2, -0.15) is 4.98 Å². The number of fused-ring (bicyclic) bond motifs is 1. The van der Waals surface area contributed by atoms with E-state index in [0.29, 0.717) is 12.6 Å². The summed E-state index contributed by atoms with van der Waals surface area (Å²) in [7, 11) is 0. The van der Waals surface area contributed by atoms with E-state index in [1.54, 1.807) is 0 Å². The Morgan fingerprint density at radius 1 is 1.40 bits per heavy atom. The van der Waals surface area contributed by atoms with Gasteiger partial charge in [0.05, 0.1) is 17.1 Å². The molecule has 0 spiro atoms. The number of nitrogens with zero attached hydrogens (tertiary/aromatic N) is 2. The zero-order chi connectivity index (χ0) is 14.5. The monoisotopic (exact) mass is 275 g/mol. The fourth-order valence-electron chi connectivity index (χ4n) is 1.94. The molecule has 5 nitrogen and oxygen atoms in total. The third kappa shape index (κ3) is 3.10. The summed E-state index contributed by atoms with van der Waals surface area (Å²) >= 11 is 0. The minimum Gasteiger partial charge on any atom is -0.462 e. The highest BCUT2D eigenvalue weighted by atomic mass is 16.5.